The Morgan fingerprint density at radius 2 is 1.31 bits per heavy atom. The fourth-order valence-electron chi connectivity index (χ4n) is 4.06. The van der Waals surface area contributed by atoms with Crippen LogP contribution >= 0.6 is 27.5 Å². The molecule has 6 heteroatoms. The van der Waals surface area contributed by atoms with Crippen LogP contribution in [0.25, 0.3) is 0 Å². The minimum Gasteiger partial charge on any atom is -0.383 e. The Kier molecular flexibility index (Phi) is 16.7. The highest BCUT2D eigenvalue weighted by Gasteiger charge is 2.24. The number of unbranched alkanes of at least 4 members (excludes halogenated alkanes) is 14. The number of nitriles is 1. The third-order valence-corrected chi connectivity index (χ3v) is 7.30. The van der Waals surface area contributed by atoms with Crippen molar-refractivity contribution in [1.29, 1.82) is 5.26 Å². The molecule has 0 unspecified atom stereocenters. The summed E-state index contributed by atoms with van der Waals surface area (Å²) in [4.78, 5) is 0. The van der Waals surface area contributed by atoms with Gasteiger partial charge in [0.1, 0.15) is 16.1 Å². The van der Waals surface area contributed by atoms with Gasteiger partial charge >= 0.3 is 0 Å². The number of anilines is 2. The predicted octanol–water partition coefficient (Wildman–Crippen LogP) is 8.54. The molecule has 1 rings (SSSR count). The van der Waals surface area contributed by atoms with Gasteiger partial charge in [0.25, 0.3) is 5.82 Å². The third-order valence-electron chi connectivity index (χ3n) is 6.11. The summed E-state index contributed by atoms with van der Waals surface area (Å²) in [5.74, 6) is 0.593. The lowest BCUT2D eigenvalue weighted by atomic mass is 10.1. The molecule has 1 aromatic heterocycles. The van der Waals surface area contributed by atoms with Crippen LogP contribution in [0.2, 0.25) is 5.15 Å². The van der Waals surface area contributed by atoms with E-state index >= 15 is 0 Å². The average molecular weight is 529 g/mol. The fraction of sp³-hybridized carbons (Fsp3) is 0.769. The van der Waals surface area contributed by atoms with Gasteiger partial charge in [0.05, 0.1) is 12.2 Å². The van der Waals surface area contributed by atoms with Gasteiger partial charge in [-0.2, -0.15) is 5.26 Å². The number of hydrogen-bond acceptors (Lipinski definition) is 3. The highest BCUT2D eigenvalue weighted by molar-refractivity contribution is 9.10. The quantitative estimate of drug-likeness (QED) is 0.107. The lowest BCUT2D eigenvalue weighted by Crippen LogP contribution is -2.40. The molecule has 32 heavy (non-hydrogen) atoms. The van der Waals surface area contributed by atoms with Crippen LogP contribution < -0.4 is 15.6 Å². The van der Waals surface area contributed by atoms with E-state index in [1.165, 1.54) is 83.5 Å². The molecule has 0 aromatic carbocycles. The van der Waals surface area contributed by atoms with Gasteiger partial charge in [0.2, 0.25) is 5.15 Å². The molecular weight excluding hydrogens is 484 g/mol. The van der Waals surface area contributed by atoms with Gasteiger partial charge in [0, 0.05) is 6.54 Å². The molecule has 0 saturated heterocycles. The standard InChI is InChI=1S/C26H44BrClN4/c1-3-5-7-9-11-13-15-17-19-31-24-22(21-29)25(28)32(26(30)23(24)27)20-18-16-14-12-10-8-6-4-2/h3-20H2,1-2H3,(H2,30,31)/p+1. The number of nitrogens with zero attached hydrogens (tertiary/aromatic N) is 2. The SMILES string of the molecule is CCCCCCCCCCNc1c(Br)c(N)[n+](CCCCCCCCCC)c(Cl)c1C#N. The molecule has 3 N–H and O–H groups in total. The molecular formula is C26H45BrClN4+. The number of aromatic nitrogens is 1. The Morgan fingerprint density at radius 1 is 0.844 bits per heavy atom. The predicted molar refractivity (Wildman–Crippen MR) is 142 cm³/mol. The van der Waals surface area contributed by atoms with E-state index < -0.39 is 0 Å². The molecule has 0 atom stereocenters. The van der Waals surface area contributed by atoms with Crippen molar-refractivity contribution < 1.29 is 4.57 Å². The van der Waals surface area contributed by atoms with Crippen molar-refractivity contribution in [3.63, 3.8) is 0 Å². The first kappa shape index (κ1) is 29.0. The Balaban J connectivity index is 2.51. The fourth-order valence-corrected chi connectivity index (χ4v) is 4.93. The second-order valence-corrected chi connectivity index (χ2v) is 10.0. The van der Waals surface area contributed by atoms with Crippen molar-refractivity contribution in [3.8, 4) is 6.07 Å². The Labute approximate surface area is 210 Å². The second-order valence-electron chi connectivity index (χ2n) is 8.88. The van der Waals surface area contributed by atoms with Crippen molar-refractivity contribution in [2.75, 3.05) is 17.6 Å². The first-order chi connectivity index (χ1) is 15.6. The van der Waals surface area contributed by atoms with Gasteiger partial charge in [-0.05, 0) is 46.8 Å². The number of pyridine rings is 1. The van der Waals surface area contributed by atoms with E-state index in [9.17, 15) is 5.26 Å². The summed E-state index contributed by atoms with van der Waals surface area (Å²) >= 11 is 10.2. The van der Waals surface area contributed by atoms with Crippen molar-refractivity contribution in [2.24, 2.45) is 0 Å². The zero-order valence-corrected chi connectivity index (χ0v) is 22.8. The van der Waals surface area contributed by atoms with Crippen molar-refractivity contribution >= 4 is 39.0 Å². The lowest BCUT2D eigenvalue weighted by molar-refractivity contribution is -0.681. The van der Waals surface area contributed by atoms with E-state index in [2.05, 4.69) is 41.2 Å². The maximum absolute atomic E-state index is 9.75. The molecule has 0 aliphatic heterocycles. The lowest BCUT2D eigenvalue weighted by Gasteiger charge is -2.15. The monoisotopic (exact) mass is 527 g/mol. The number of nitrogen functional groups attached to an aromatic ring is 1. The highest BCUT2D eigenvalue weighted by atomic mass is 79.9. The molecule has 0 bridgehead atoms. The Morgan fingerprint density at radius 3 is 1.81 bits per heavy atom. The average Bonchev–Trinajstić information content (AvgIpc) is 2.79. The maximum atomic E-state index is 9.75. The minimum atomic E-state index is 0.439. The van der Waals surface area contributed by atoms with Gasteiger partial charge in [-0.1, -0.05) is 97.3 Å². The van der Waals surface area contributed by atoms with Crippen LogP contribution in [0.5, 0.6) is 0 Å². The summed E-state index contributed by atoms with van der Waals surface area (Å²) in [6.45, 7) is 6.06. The van der Waals surface area contributed by atoms with Crippen molar-refractivity contribution in [3.05, 3.63) is 15.2 Å². The number of hydrogen-bond donors (Lipinski definition) is 2. The largest absolute Gasteiger partial charge is 0.383 e. The van der Waals surface area contributed by atoms with Gasteiger partial charge in [0.15, 0.2) is 0 Å². The zero-order chi connectivity index (χ0) is 23.6. The number of rotatable bonds is 19. The Hall–Kier alpha value is -0.990. The van der Waals surface area contributed by atoms with Crippen LogP contribution in [-0.4, -0.2) is 6.54 Å². The van der Waals surface area contributed by atoms with E-state index in [0.717, 1.165) is 42.5 Å². The van der Waals surface area contributed by atoms with E-state index in [1.54, 1.807) is 0 Å². The van der Waals surface area contributed by atoms with Crippen molar-refractivity contribution in [1.82, 2.24) is 0 Å². The first-order valence-corrected chi connectivity index (χ1v) is 14.1. The molecule has 1 aromatic rings. The zero-order valence-electron chi connectivity index (χ0n) is 20.5. The smallest absolute Gasteiger partial charge is 0.290 e. The van der Waals surface area contributed by atoms with Crippen LogP contribution in [0, 0.1) is 11.3 Å². The number of halogens is 2. The topological polar surface area (TPSA) is 65.7 Å². The molecule has 0 amide bonds. The van der Waals surface area contributed by atoms with Gasteiger partial charge < -0.3 is 5.32 Å². The molecule has 0 fully saturated rings. The number of nitrogens with one attached hydrogen (secondary N) is 1. The molecule has 0 aliphatic carbocycles. The normalized spacial score (nSPS) is 11.0. The van der Waals surface area contributed by atoms with E-state index in [-0.39, 0.29) is 0 Å². The van der Waals surface area contributed by atoms with Crippen LogP contribution in [0.4, 0.5) is 11.5 Å². The van der Waals surface area contributed by atoms with E-state index in [1.807, 2.05) is 4.57 Å². The highest BCUT2D eigenvalue weighted by Crippen LogP contribution is 2.33. The summed E-state index contributed by atoms with van der Waals surface area (Å²) in [6, 6.07) is 2.28. The van der Waals surface area contributed by atoms with Crippen LogP contribution in [0.3, 0.4) is 0 Å². The molecule has 182 valence electrons. The van der Waals surface area contributed by atoms with E-state index in [4.69, 9.17) is 17.3 Å². The van der Waals surface area contributed by atoms with Gasteiger partial charge in [-0.15, -0.1) is 0 Å². The first-order valence-electron chi connectivity index (χ1n) is 12.9. The summed E-state index contributed by atoms with van der Waals surface area (Å²) in [5, 5.41) is 13.6. The summed E-state index contributed by atoms with van der Waals surface area (Å²) in [7, 11) is 0. The minimum absolute atomic E-state index is 0.439. The molecule has 0 aliphatic rings. The Bertz CT molecular complexity index is 688. The molecule has 1 heterocycles. The summed E-state index contributed by atoms with van der Waals surface area (Å²) < 4.78 is 2.63. The van der Waals surface area contributed by atoms with Crippen LogP contribution in [-0.2, 0) is 6.54 Å². The molecule has 4 nitrogen and oxygen atoms in total. The van der Waals surface area contributed by atoms with Gasteiger partial charge in [-0.25, -0.2) is 4.57 Å². The van der Waals surface area contributed by atoms with Crippen LogP contribution in [0.1, 0.15) is 122 Å². The number of nitrogens with two attached hydrogens (primary N) is 1. The van der Waals surface area contributed by atoms with Crippen LogP contribution in [0.15, 0.2) is 4.47 Å². The maximum Gasteiger partial charge on any atom is 0.290 e. The molecule has 0 spiro atoms. The van der Waals surface area contributed by atoms with Gasteiger partial charge in [-0.3, -0.25) is 5.73 Å². The summed E-state index contributed by atoms with van der Waals surface area (Å²) in [5.41, 5.74) is 7.60. The summed E-state index contributed by atoms with van der Waals surface area (Å²) in [6.07, 6.45) is 20.2. The third kappa shape index (κ3) is 10.8. The second kappa shape index (κ2) is 18.4. The van der Waals surface area contributed by atoms with E-state index in [0.29, 0.717) is 16.5 Å². The van der Waals surface area contributed by atoms with Crippen molar-refractivity contribution in [2.45, 2.75) is 123 Å². The molecule has 0 saturated carbocycles. The molecule has 0 radical (unpaired) electrons.